The molecule has 2 aliphatic rings. The Morgan fingerprint density at radius 3 is 2.67 bits per heavy atom. The first-order chi connectivity index (χ1) is 7.27. The van der Waals surface area contributed by atoms with Crippen LogP contribution in [0.25, 0.3) is 0 Å². The summed E-state index contributed by atoms with van der Waals surface area (Å²) in [7, 11) is 0. The molecule has 0 aliphatic carbocycles. The summed E-state index contributed by atoms with van der Waals surface area (Å²) in [4.78, 5) is 14.1. The van der Waals surface area contributed by atoms with Crippen molar-refractivity contribution in [1.29, 1.82) is 0 Å². The Bertz CT molecular complexity index is 227. The molecule has 1 amide bonds. The molecule has 0 bridgehead atoms. The van der Waals surface area contributed by atoms with Crippen molar-refractivity contribution in [1.82, 2.24) is 4.90 Å². The number of ether oxygens (including phenoxy) is 1. The lowest BCUT2D eigenvalue weighted by Gasteiger charge is -2.34. The maximum Gasteiger partial charge on any atom is 0.225 e. The fourth-order valence-electron chi connectivity index (χ4n) is 2.41. The first kappa shape index (κ1) is 10.9. The van der Waals surface area contributed by atoms with E-state index in [1.54, 1.807) is 0 Å². The summed E-state index contributed by atoms with van der Waals surface area (Å²) in [5.41, 5.74) is 5.87. The van der Waals surface area contributed by atoms with Crippen LogP contribution in [0, 0.1) is 5.92 Å². The first-order valence-corrected chi connectivity index (χ1v) is 5.89. The van der Waals surface area contributed by atoms with Gasteiger partial charge < -0.3 is 15.4 Å². The van der Waals surface area contributed by atoms with Crippen LogP contribution in [0.5, 0.6) is 0 Å². The van der Waals surface area contributed by atoms with Crippen LogP contribution < -0.4 is 5.73 Å². The molecule has 2 fully saturated rings. The van der Waals surface area contributed by atoms with Crippen LogP contribution in [-0.2, 0) is 9.53 Å². The predicted octanol–water partition coefficient (Wildman–Crippen LogP) is 0.363. The van der Waals surface area contributed by atoms with E-state index < -0.39 is 0 Å². The summed E-state index contributed by atoms with van der Waals surface area (Å²) in [6.07, 6.45) is 3.86. The number of hydrogen-bond donors (Lipinski definition) is 1. The zero-order valence-electron chi connectivity index (χ0n) is 9.15. The number of amides is 1. The van der Waals surface area contributed by atoms with Gasteiger partial charge in [-0.15, -0.1) is 0 Å². The van der Waals surface area contributed by atoms with Crippen molar-refractivity contribution in [2.75, 3.05) is 26.3 Å². The Morgan fingerprint density at radius 2 is 2.00 bits per heavy atom. The summed E-state index contributed by atoms with van der Waals surface area (Å²) in [6, 6.07) is 0.183. The summed E-state index contributed by atoms with van der Waals surface area (Å²) in [5, 5.41) is 0. The molecule has 2 rings (SSSR count). The van der Waals surface area contributed by atoms with E-state index >= 15 is 0 Å². The van der Waals surface area contributed by atoms with Gasteiger partial charge in [0.2, 0.25) is 5.91 Å². The lowest BCUT2D eigenvalue weighted by atomic mass is 9.96. The van der Waals surface area contributed by atoms with Crippen molar-refractivity contribution in [2.45, 2.75) is 31.7 Å². The van der Waals surface area contributed by atoms with Crippen molar-refractivity contribution >= 4 is 5.91 Å². The second kappa shape index (κ2) is 4.94. The lowest BCUT2D eigenvalue weighted by molar-refractivity contribution is -0.139. The van der Waals surface area contributed by atoms with E-state index in [9.17, 15) is 4.79 Å². The topological polar surface area (TPSA) is 55.6 Å². The number of carbonyl (C=O) groups excluding carboxylic acids is 1. The molecule has 4 nitrogen and oxygen atoms in total. The van der Waals surface area contributed by atoms with Crippen molar-refractivity contribution in [3.63, 3.8) is 0 Å². The molecule has 2 N–H and O–H groups in total. The van der Waals surface area contributed by atoms with Crippen LogP contribution in [0.1, 0.15) is 25.7 Å². The second-order valence-corrected chi connectivity index (χ2v) is 4.57. The van der Waals surface area contributed by atoms with Crippen LogP contribution in [0.4, 0.5) is 0 Å². The van der Waals surface area contributed by atoms with E-state index in [-0.39, 0.29) is 12.0 Å². The van der Waals surface area contributed by atoms with E-state index in [4.69, 9.17) is 10.5 Å². The molecular weight excluding hydrogens is 192 g/mol. The van der Waals surface area contributed by atoms with Gasteiger partial charge in [0.25, 0.3) is 0 Å². The number of likely N-dealkylation sites (tertiary alicyclic amines) is 1. The average Bonchev–Trinajstić information content (AvgIpc) is 2.29. The van der Waals surface area contributed by atoms with Crippen LogP contribution in [0.15, 0.2) is 0 Å². The molecule has 0 spiro atoms. The highest BCUT2D eigenvalue weighted by Gasteiger charge is 2.28. The molecule has 0 saturated carbocycles. The van der Waals surface area contributed by atoms with Gasteiger partial charge in [-0.1, -0.05) is 0 Å². The molecule has 0 aromatic heterocycles. The minimum Gasteiger partial charge on any atom is -0.381 e. The molecule has 4 heteroatoms. The minimum absolute atomic E-state index is 0.183. The highest BCUT2D eigenvalue weighted by Crippen LogP contribution is 2.19. The smallest absolute Gasteiger partial charge is 0.225 e. The number of carbonyl (C=O) groups is 1. The van der Waals surface area contributed by atoms with Crippen molar-refractivity contribution in [3.8, 4) is 0 Å². The standard InChI is InChI=1S/C11H20N2O2/c12-10-2-1-5-13(8-10)11(14)9-3-6-15-7-4-9/h9-10H,1-8,12H2. The van der Waals surface area contributed by atoms with Crippen molar-refractivity contribution in [2.24, 2.45) is 11.7 Å². The maximum absolute atomic E-state index is 12.1. The number of nitrogens with two attached hydrogens (primary N) is 1. The Morgan fingerprint density at radius 1 is 1.27 bits per heavy atom. The number of hydrogen-bond acceptors (Lipinski definition) is 3. The van der Waals surface area contributed by atoms with Gasteiger partial charge in [-0.05, 0) is 25.7 Å². The lowest BCUT2D eigenvalue weighted by Crippen LogP contribution is -2.48. The maximum atomic E-state index is 12.1. The molecule has 86 valence electrons. The van der Waals surface area contributed by atoms with Crippen molar-refractivity contribution < 1.29 is 9.53 Å². The predicted molar refractivity (Wildman–Crippen MR) is 57.3 cm³/mol. The van der Waals surface area contributed by atoms with Gasteiger partial charge in [0.1, 0.15) is 0 Å². The van der Waals surface area contributed by atoms with Gasteiger partial charge >= 0.3 is 0 Å². The van der Waals surface area contributed by atoms with E-state index in [2.05, 4.69) is 0 Å². The monoisotopic (exact) mass is 212 g/mol. The van der Waals surface area contributed by atoms with Gasteiger partial charge in [0, 0.05) is 38.3 Å². The fourth-order valence-corrected chi connectivity index (χ4v) is 2.41. The summed E-state index contributed by atoms with van der Waals surface area (Å²) in [6.45, 7) is 3.10. The molecule has 1 unspecified atom stereocenters. The Hall–Kier alpha value is -0.610. The summed E-state index contributed by atoms with van der Waals surface area (Å²) >= 11 is 0. The van der Waals surface area contributed by atoms with Crippen LogP contribution >= 0.6 is 0 Å². The normalized spacial score (nSPS) is 29.1. The molecule has 0 radical (unpaired) electrons. The largest absolute Gasteiger partial charge is 0.381 e. The molecule has 2 saturated heterocycles. The van der Waals surface area contributed by atoms with E-state index in [1.807, 2.05) is 4.90 Å². The van der Waals surface area contributed by atoms with Crippen LogP contribution in [0.3, 0.4) is 0 Å². The fraction of sp³-hybridized carbons (Fsp3) is 0.909. The molecule has 2 heterocycles. The minimum atomic E-state index is 0.183. The average molecular weight is 212 g/mol. The highest BCUT2D eigenvalue weighted by atomic mass is 16.5. The van der Waals surface area contributed by atoms with Crippen LogP contribution in [0.2, 0.25) is 0 Å². The molecule has 0 aromatic carbocycles. The Kier molecular flexibility index (Phi) is 3.59. The third kappa shape index (κ3) is 2.69. The van der Waals surface area contributed by atoms with Crippen molar-refractivity contribution in [3.05, 3.63) is 0 Å². The molecule has 15 heavy (non-hydrogen) atoms. The first-order valence-electron chi connectivity index (χ1n) is 5.89. The Labute approximate surface area is 90.8 Å². The highest BCUT2D eigenvalue weighted by molar-refractivity contribution is 5.79. The quantitative estimate of drug-likeness (QED) is 0.683. The molecule has 2 aliphatic heterocycles. The van der Waals surface area contributed by atoms with E-state index in [0.29, 0.717) is 5.91 Å². The zero-order chi connectivity index (χ0) is 10.7. The number of nitrogens with zero attached hydrogens (tertiary/aromatic N) is 1. The van der Waals surface area contributed by atoms with E-state index in [1.165, 1.54) is 0 Å². The third-order valence-electron chi connectivity index (χ3n) is 3.34. The summed E-state index contributed by atoms with van der Waals surface area (Å²) in [5.74, 6) is 0.484. The van der Waals surface area contributed by atoms with Gasteiger partial charge in [0.05, 0.1) is 0 Å². The number of piperidine rings is 1. The van der Waals surface area contributed by atoms with Gasteiger partial charge in [-0.25, -0.2) is 0 Å². The SMILES string of the molecule is NC1CCCN(C(=O)C2CCOCC2)C1. The third-order valence-corrected chi connectivity index (χ3v) is 3.34. The van der Waals surface area contributed by atoms with E-state index in [0.717, 1.165) is 52.0 Å². The van der Waals surface area contributed by atoms with Gasteiger partial charge in [-0.2, -0.15) is 0 Å². The summed E-state index contributed by atoms with van der Waals surface area (Å²) < 4.78 is 5.26. The molecular formula is C11H20N2O2. The van der Waals surface area contributed by atoms with Gasteiger partial charge in [-0.3, -0.25) is 4.79 Å². The zero-order valence-corrected chi connectivity index (χ0v) is 9.15. The van der Waals surface area contributed by atoms with Gasteiger partial charge in [0.15, 0.2) is 0 Å². The number of rotatable bonds is 1. The second-order valence-electron chi connectivity index (χ2n) is 4.57. The molecule has 1 atom stereocenters. The Balaban J connectivity index is 1.88. The van der Waals surface area contributed by atoms with Crippen LogP contribution in [-0.4, -0.2) is 43.2 Å². The molecule has 0 aromatic rings.